The van der Waals surface area contributed by atoms with Crippen molar-refractivity contribution in [2.24, 2.45) is 5.10 Å². The number of benzene rings is 1. The summed E-state index contributed by atoms with van der Waals surface area (Å²) in [5.74, 6) is -0.105. The van der Waals surface area contributed by atoms with E-state index in [1.165, 1.54) is 24.4 Å². The number of phenols is 1. The molecule has 0 atom stereocenters. The van der Waals surface area contributed by atoms with Crippen LogP contribution < -0.4 is 10.7 Å². The van der Waals surface area contributed by atoms with Gasteiger partial charge in [0.15, 0.2) is 5.11 Å². The highest BCUT2D eigenvalue weighted by Gasteiger charge is 2.08. The van der Waals surface area contributed by atoms with E-state index in [1.807, 2.05) is 6.92 Å². The predicted octanol–water partition coefficient (Wildman–Crippen LogP) is 1.52. The first kappa shape index (κ1) is 17.8. The van der Waals surface area contributed by atoms with E-state index in [2.05, 4.69) is 15.8 Å². The van der Waals surface area contributed by atoms with Gasteiger partial charge in [-0.15, -0.1) is 0 Å². The molecule has 0 aliphatic rings. The third-order valence-electron chi connectivity index (χ3n) is 2.55. The molecule has 120 valence electrons. The van der Waals surface area contributed by atoms with Crippen LogP contribution in [0, 0.1) is 10.1 Å². The van der Waals surface area contributed by atoms with Gasteiger partial charge < -0.3 is 15.2 Å². The van der Waals surface area contributed by atoms with Crippen molar-refractivity contribution >= 4 is 29.2 Å². The number of aromatic hydroxyl groups is 1. The van der Waals surface area contributed by atoms with Crippen molar-refractivity contribution in [2.45, 2.75) is 13.3 Å². The lowest BCUT2D eigenvalue weighted by atomic mass is 10.2. The van der Waals surface area contributed by atoms with E-state index in [9.17, 15) is 15.2 Å². The minimum atomic E-state index is -0.547. The summed E-state index contributed by atoms with van der Waals surface area (Å²) in [6.45, 7) is 3.90. The van der Waals surface area contributed by atoms with Crippen molar-refractivity contribution in [3.63, 3.8) is 0 Å². The Morgan fingerprint density at radius 3 is 3.05 bits per heavy atom. The van der Waals surface area contributed by atoms with Gasteiger partial charge in [0.05, 0.1) is 11.1 Å². The first-order valence-corrected chi connectivity index (χ1v) is 7.07. The summed E-state index contributed by atoms with van der Waals surface area (Å²) < 4.78 is 5.18. The molecule has 0 spiro atoms. The highest BCUT2D eigenvalue weighted by molar-refractivity contribution is 7.80. The standard InChI is InChI=1S/C13H18N4O4S/c1-2-21-7-3-6-14-13(22)16-15-9-10-8-11(17(19)20)4-5-12(10)18/h4-5,8-9,18H,2-3,6-7H2,1H3,(H2,14,16,22)/b15-9-. The van der Waals surface area contributed by atoms with Crippen LogP contribution in [0.1, 0.15) is 18.9 Å². The molecule has 0 heterocycles. The lowest BCUT2D eigenvalue weighted by Crippen LogP contribution is -2.33. The number of nitrogens with zero attached hydrogens (tertiary/aromatic N) is 2. The van der Waals surface area contributed by atoms with Crippen LogP contribution in [0.4, 0.5) is 5.69 Å². The maximum Gasteiger partial charge on any atom is 0.270 e. The van der Waals surface area contributed by atoms with Gasteiger partial charge in [-0.05, 0) is 31.6 Å². The van der Waals surface area contributed by atoms with Gasteiger partial charge in [0.1, 0.15) is 5.75 Å². The maximum atomic E-state index is 10.7. The normalized spacial score (nSPS) is 10.6. The third-order valence-corrected chi connectivity index (χ3v) is 2.78. The monoisotopic (exact) mass is 326 g/mol. The lowest BCUT2D eigenvalue weighted by molar-refractivity contribution is -0.384. The number of nitro benzene ring substituents is 1. The Hall–Kier alpha value is -2.26. The van der Waals surface area contributed by atoms with Crippen molar-refractivity contribution in [2.75, 3.05) is 19.8 Å². The van der Waals surface area contributed by atoms with Crippen LogP contribution in [0.25, 0.3) is 0 Å². The van der Waals surface area contributed by atoms with Crippen LogP contribution in [0.5, 0.6) is 5.75 Å². The molecule has 1 aromatic rings. The van der Waals surface area contributed by atoms with E-state index in [1.54, 1.807) is 0 Å². The lowest BCUT2D eigenvalue weighted by Gasteiger charge is -2.06. The van der Waals surface area contributed by atoms with Crippen LogP contribution in [0.3, 0.4) is 0 Å². The molecular formula is C13H18N4O4S. The number of hydrazone groups is 1. The van der Waals surface area contributed by atoms with Crippen molar-refractivity contribution in [3.05, 3.63) is 33.9 Å². The van der Waals surface area contributed by atoms with E-state index in [0.29, 0.717) is 24.9 Å². The van der Waals surface area contributed by atoms with E-state index in [-0.39, 0.29) is 17.0 Å². The molecule has 9 heteroatoms. The van der Waals surface area contributed by atoms with Gasteiger partial charge in [-0.1, -0.05) is 0 Å². The number of rotatable bonds is 8. The zero-order valence-electron chi connectivity index (χ0n) is 12.1. The zero-order valence-corrected chi connectivity index (χ0v) is 12.9. The fourth-order valence-corrected chi connectivity index (χ4v) is 1.63. The van der Waals surface area contributed by atoms with Crippen molar-refractivity contribution in [1.29, 1.82) is 0 Å². The van der Waals surface area contributed by atoms with Crippen molar-refractivity contribution in [3.8, 4) is 5.75 Å². The zero-order chi connectivity index (χ0) is 16.4. The number of hydrogen-bond donors (Lipinski definition) is 3. The molecule has 0 radical (unpaired) electrons. The molecular weight excluding hydrogens is 308 g/mol. The number of nitrogens with one attached hydrogen (secondary N) is 2. The molecule has 8 nitrogen and oxygen atoms in total. The number of nitro groups is 1. The molecule has 0 aliphatic heterocycles. The van der Waals surface area contributed by atoms with E-state index in [4.69, 9.17) is 17.0 Å². The van der Waals surface area contributed by atoms with Gasteiger partial charge in [-0.2, -0.15) is 5.10 Å². The largest absolute Gasteiger partial charge is 0.507 e. The van der Waals surface area contributed by atoms with Crippen LogP contribution in [0.2, 0.25) is 0 Å². The fraction of sp³-hybridized carbons (Fsp3) is 0.385. The molecule has 0 amide bonds. The summed E-state index contributed by atoms with van der Waals surface area (Å²) in [5.41, 5.74) is 2.66. The Balaban J connectivity index is 2.43. The van der Waals surface area contributed by atoms with Crippen molar-refractivity contribution in [1.82, 2.24) is 10.7 Å². The van der Waals surface area contributed by atoms with Crippen LogP contribution in [0.15, 0.2) is 23.3 Å². The van der Waals surface area contributed by atoms with Gasteiger partial charge in [-0.25, -0.2) is 0 Å². The van der Waals surface area contributed by atoms with Gasteiger partial charge >= 0.3 is 0 Å². The summed E-state index contributed by atoms with van der Waals surface area (Å²) in [6, 6.07) is 3.67. The quantitative estimate of drug-likeness (QED) is 0.218. The fourth-order valence-electron chi connectivity index (χ4n) is 1.48. The smallest absolute Gasteiger partial charge is 0.270 e. The first-order valence-electron chi connectivity index (χ1n) is 6.66. The second-order valence-corrected chi connectivity index (χ2v) is 4.58. The molecule has 1 rings (SSSR count). The molecule has 1 aromatic carbocycles. The van der Waals surface area contributed by atoms with E-state index in [0.717, 1.165) is 6.42 Å². The summed E-state index contributed by atoms with van der Waals surface area (Å²) in [5, 5.41) is 27.3. The van der Waals surface area contributed by atoms with Gasteiger partial charge in [0.2, 0.25) is 0 Å². The Bertz CT molecular complexity index is 551. The van der Waals surface area contributed by atoms with Gasteiger partial charge in [0, 0.05) is 37.5 Å². The summed E-state index contributed by atoms with van der Waals surface area (Å²) in [7, 11) is 0. The molecule has 0 fully saturated rings. The van der Waals surface area contributed by atoms with Gasteiger partial charge in [0.25, 0.3) is 5.69 Å². The molecule has 0 unspecified atom stereocenters. The molecule has 0 saturated heterocycles. The highest BCUT2D eigenvalue weighted by Crippen LogP contribution is 2.21. The summed E-state index contributed by atoms with van der Waals surface area (Å²) >= 11 is 5.00. The van der Waals surface area contributed by atoms with E-state index >= 15 is 0 Å². The molecule has 0 bridgehead atoms. The molecule has 3 N–H and O–H groups in total. The molecule has 0 aliphatic carbocycles. The van der Waals surface area contributed by atoms with Crippen molar-refractivity contribution < 1.29 is 14.8 Å². The Morgan fingerprint density at radius 2 is 2.36 bits per heavy atom. The van der Waals surface area contributed by atoms with E-state index < -0.39 is 4.92 Å². The number of non-ortho nitro benzene ring substituents is 1. The minimum absolute atomic E-state index is 0.105. The predicted molar refractivity (Wildman–Crippen MR) is 87.2 cm³/mol. The second kappa shape index (κ2) is 9.64. The third kappa shape index (κ3) is 6.46. The maximum absolute atomic E-state index is 10.7. The second-order valence-electron chi connectivity index (χ2n) is 4.18. The number of ether oxygens (including phenoxy) is 1. The highest BCUT2D eigenvalue weighted by atomic mass is 32.1. The average molecular weight is 326 g/mol. The Labute approximate surface area is 133 Å². The average Bonchev–Trinajstić information content (AvgIpc) is 2.48. The molecule has 22 heavy (non-hydrogen) atoms. The Kier molecular flexibility index (Phi) is 7.79. The summed E-state index contributed by atoms with van der Waals surface area (Å²) in [4.78, 5) is 10.1. The number of thiocarbonyl (C=S) groups is 1. The van der Waals surface area contributed by atoms with Crippen LogP contribution in [-0.2, 0) is 4.74 Å². The number of hydrogen-bond acceptors (Lipinski definition) is 6. The SMILES string of the molecule is CCOCCCNC(=S)N/N=C\c1cc([N+](=O)[O-])ccc1O. The topological polar surface area (TPSA) is 109 Å². The Morgan fingerprint density at radius 1 is 1.59 bits per heavy atom. The molecule has 0 aromatic heterocycles. The minimum Gasteiger partial charge on any atom is -0.507 e. The molecule has 0 saturated carbocycles. The first-order chi connectivity index (χ1) is 10.5. The van der Waals surface area contributed by atoms with Gasteiger partial charge in [-0.3, -0.25) is 15.5 Å². The van der Waals surface area contributed by atoms with Crippen LogP contribution >= 0.6 is 12.2 Å². The van der Waals surface area contributed by atoms with Crippen LogP contribution in [-0.4, -0.2) is 41.1 Å². The number of phenolic OH excluding ortho intramolecular Hbond substituents is 1. The summed E-state index contributed by atoms with van der Waals surface area (Å²) in [6.07, 6.45) is 2.07.